The number of carbonyl (C=O) groups excluding carboxylic acids is 1. The first-order valence-electron chi connectivity index (χ1n) is 9.36. The molecule has 1 fully saturated rings. The topological polar surface area (TPSA) is 83.5 Å². The Morgan fingerprint density at radius 1 is 1.30 bits per heavy atom. The molecule has 0 aliphatic heterocycles. The van der Waals surface area contributed by atoms with E-state index in [1.807, 2.05) is 13.0 Å². The van der Waals surface area contributed by atoms with Gasteiger partial charge in [-0.25, -0.2) is 4.79 Å². The van der Waals surface area contributed by atoms with Gasteiger partial charge in [0.05, 0.1) is 6.07 Å². The lowest BCUT2D eigenvalue weighted by Gasteiger charge is -2.38. The number of carbonyl (C=O) groups is 1. The summed E-state index contributed by atoms with van der Waals surface area (Å²) in [6.07, 6.45) is 5.14. The molecule has 0 bridgehead atoms. The molecule has 1 aromatic heterocycles. The first-order chi connectivity index (χ1) is 13.0. The smallest absolute Gasteiger partial charge is 0.336 e. The second kappa shape index (κ2) is 7.83. The zero-order valence-corrected chi connectivity index (χ0v) is 15.8. The summed E-state index contributed by atoms with van der Waals surface area (Å²) in [7, 11) is 1.67. The molecule has 3 rings (SSSR count). The van der Waals surface area contributed by atoms with E-state index in [0.717, 1.165) is 36.6 Å². The maximum atomic E-state index is 12.6. The number of nitrogens with zero attached hydrogens (tertiary/aromatic N) is 2. The number of rotatable bonds is 5. The van der Waals surface area contributed by atoms with Crippen molar-refractivity contribution in [3.63, 3.8) is 0 Å². The van der Waals surface area contributed by atoms with Crippen LogP contribution in [0.1, 0.15) is 44.6 Å². The van der Waals surface area contributed by atoms with Crippen molar-refractivity contribution < 1.29 is 13.9 Å². The lowest BCUT2D eigenvalue weighted by molar-refractivity contribution is -0.137. The maximum absolute atomic E-state index is 12.6. The molecule has 0 spiro atoms. The molecular weight excluding hydrogens is 344 g/mol. The predicted molar refractivity (Wildman–Crippen MR) is 102 cm³/mol. The number of likely N-dealkylation sites (N-methyl/N-ethyl adjacent to an activating group) is 1. The molecule has 0 radical (unpaired) electrons. The number of ether oxygens (including phenoxy) is 1. The third kappa shape index (κ3) is 3.82. The normalized spacial score (nSPS) is 15.9. The maximum Gasteiger partial charge on any atom is 0.336 e. The van der Waals surface area contributed by atoms with Crippen LogP contribution < -0.4 is 10.4 Å². The number of nitriles is 1. The molecule has 6 nitrogen and oxygen atoms in total. The molecule has 1 aliphatic carbocycles. The van der Waals surface area contributed by atoms with Gasteiger partial charge in [0.2, 0.25) is 0 Å². The first-order valence-corrected chi connectivity index (χ1v) is 9.36. The van der Waals surface area contributed by atoms with Gasteiger partial charge in [-0.15, -0.1) is 0 Å². The van der Waals surface area contributed by atoms with Gasteiger partial charge >= 0.3 is 5.63 Å². The first kappa shape index (κ1) is 19.0. The Morgan fingerprint density at radius 2 is 2.04 bits per heavy atom. The minimum Gasteiger partial charge on any atom is -0.484 e. The summed E-state index contributed by atoms with van der Waals surface area (Å²) < 4.78 is 10.9. The monoisotopic (exact) mass is 368 g/mol. The molecule has 27 heavy (non-hydrogen) atoms. The van der Waals surface area contributed by atoms with E-state index in [-0.39, 0.29) is 12.5 Å². The molecule has 142 valence electrons. The summed E-state index contributed by atoms with van der Waals surface area (Å²) >= 11 is 0. The van der Waals surface area contributed by atoms with E-state index < -0.39 is 11.2 Å². The minimum absolute atomic E-state index is 0.164. The van der Waals surface area contributed by atoms with Gasteiger partial charge in [0.15, 0.2) is 6.61 Å². The van der Waals surface area contributed by atoms with Gasteiger partial charge in [0.25, 0.3) is 5.91 Å². The molecule has 0 unspecified atom stereocenters. The van der Waals surface area contributed by atoms with Crippen LogP contribution in [0.15, 0.2) is 33.5 Å². The van der Waals surface area contributed by atoms with E-state index in [9.17, 15) is 14.9 Å². The second-order valence-electron chi connectivity index (χ2n) is 7.05. The van der Waals surface area contributed by atoms with E-state index in [0.29, 0.717) is 24.2 Å². The van der Waals surface area contributed by atoms with Crippen LogP contribution in [0.3, 0.4) is 0 Å². The summed E-state index contributed by atoms with van der Waals surface area (Å²) in [5, 5.41) is 10.5. The quantitative estimate of drug-likeness (QED) is 0.755. The number of amides is 1. The fraction of sp³-hybridized carbons (Fsp3) is 0.476. The number of aryl methyl sites for hydroxylation is 1. The predicted octanol–water partition coefficient (Wildman–Crippen LogP) is 3.42. The highest BCUT2D eigenvalue weighted by atomic mass is 16.5. The van der Waals surface area contributed by atoms with Gasteiger partial charge in [0, 0.05) is 24.6 Å². The number of benzene rings is 1. The van der Waals surface area contributed by atoms with E-state index in [4.69, 9.17) is 9.15 Å². The highest BCUT2D eigenvalue weighted by molar-refractivity contribution is 5.82. The lowest BCUT2D eigenvalue weighted by atomic mass is 9.81. The van der Waals surface area contributed by atoms with Crippen LogP contribution in [0, 0.1) is 11.3 Å². The van der Waals surface area contributed by atoms with Gasteiger partial charge in [-0.3, -0.25) is 4.79 Å². The fourth-order valence-electron chi connectivity index (χ4n) is 3.73. The van der Waals surface area contributed by atoms with Crippen LogP contribution in [-0.2, 0) is 11.2 Å². The molecule has 0 atom stereocenters. The number of fused-ring (bicyclic) bond motifs is 1. The Hall–Kier alpha value is -2.81. The average molecular weight is 368 g/mol. The molecule has 1 aromatic carbocycles. The molecule has 6 heteroatoms. The standard InChI is InChI=1S/C21H24N2O4/c1-3-15-11-20(25)27-18-12-16(7-8-17(15)18)26-13-19(24)23(2)21(14-22)9-5-4-6-10-21/h7-8,11-12H,3-6,9-10,13H2,1-2H3. The molecule has 1 aliphatic rings. The van der Waals surface area contributed by atoms with E-state index in [2.05, 4.69) is 6.07 Å². The highest BCUT2D eigenvalue weighted by Crippen LogP contribution is 2.32. The summed E-state index contributed by atoms with van der Waals surface area (Å²) in [5.41, 5.74) is 0.223. The molecule has 1 amide bonds. The van der Waals surface area contributed by atoms with E-state index >= 15 is 0 Å². The molecule has 0 N–H and O–H groups in total. The van der Waals surface area contributed by atoms with Gasteiger partial charge in [-0.1, -0.05) is 26.2 Å². The van der Waals surface area contributed by atoms with Crippen molar-refractivity contribution in [3.8, 4) is 11.8 Å². The lowest BCUT2D eigenvalue weighted by Crippen LogP contribution is -2.51. The zero-order valence-electron chi connectivity index (χ0n) is 15.8. The van der Waals surface area contributed by atoms with Gasteiger partial charge in [-0.2, -0.15) is 5.26 Å². The SMILES string of the molecule is CCc1cc(=O)oc2cc(OCC(=O)N(C)C3(C#N)CCCCC3)ccc12. The molecule has 1 heterocycles. The van der Waals surface area contributed by atoms with E-state index in [1.54, 1.807) is 19.2 Å². The second-order valence-corrected chi connectivity index (χ2v) is 7.05. The van der Waals surface area contributed by atoms with Crippen molar-refractivity contribution in [1.29, 1.82) is 5.26 Å². The summed E-state index contributed by atoms with van der Waals surface area (Å²) in [4.78, 5) is 25.8. The number of hydrogen-bond acceptors (Lipinski definition) is 5. The molecule has 2 aromatic rings. The minimum atomic E-state index is -0.731. The Labute approximate surface area is 158 Å². The summed E-state index contributed by atoms with van der Waals surface area (Å²) in [5.74, 6) is 0.220. The van der Waals surface area contributed by atoms with Crippen molar-refractivity contribution in [1.82, 2.24) is 4.90 Å². The van der Waals surface area contributed by atoms with Crippen molar-refractivity contribution in [2.75, 3.05) is 13.7 Å². The van der Waals surface area contributed by atoms with E-state index in [1.165, 1.54) is 11.0 Å². The van der Waals surface area contributed by atoms with Crippen LogP contribution in [0.2, 0.25) is 0 Å². The van der Waals surface area contributed by atoms with Gasteiger partial charge < -0.3 is 14.1 Å². The third-order valence-electron chi connectivity index (χ3n) is 5.45. The van der Waals surface area contributed by atoms with Gasteiger partial charge in [0.1, 0.15) is 16.9 Å². The van der Waals surface area contributed by atoms with Crippen molar-refractivity contribution >= 4 is 16.9 Å². The zero-order chi connectivity index (χ0) is 19.4. The largest absolute Gasteiger partial charge is 0.484 e. The van der Waals surface area contributed by atoms with Crippen molar-refractivity contribution in [2.45, 2.75) is 51.0 Å². The Bertz CT molecular complexity index is 935. The summed E-state index contributed by atoms with van der Waals surface area (Å²) in [6.45, 7) is 1.81. The molecule has 0 saturated heterocycles. The van der Waals surface area contributed by atoms with Crippen LogP contribution in [0.4, 0.5) is 0 Å². The Balaban J connectivity index is 1.73. The average Bonchev–Trinajstić information content (AvgIpc) is 2.70. The van der Waals surface area contributed by atoms with Crippen LogP contribution in [0.5, 0.6) is 5.75 Å². The fourth-order valence-corrected chi connectivity index (χ4v) is 3.73. The van der Waals surface area contributed by atoms with Gasteiger partial charge in [-0.05, 0) is 37.0 Å². The van der Waals surface area contributed by atoms with Crippen LogP contribution in [0.25, 0.3) is 11.0 Å². The van der Waals surface area contributed by atoms with Crippen LogP contribution >= 0.6 is 0 Å². The Kier molecular flexibility index (Phi) is 5.50. The highest BCUT2D eigenvalue weighted by Gasteiger charge is 2.38. The number of hydrogen-bond donors (Lipinski definition) is 0. The van der Waals surface area contributed by atoms with Crippen LogP contribution in [-0.4, -0.2) is 30.0 Å². The summed E-state index contributed by atoms with van der Waals surface area (Å²) in [6, 6.07) is 9.05. The van der Waals surface area contributed by atoms with Crippen molar-refractivity contribution in [3.05, 3.63) is 40.2 Å². The molecule has 1 saturated carbocycles. The van der Waals surface area contributed by atoms with Crippen molar-refractivity contribution in [2.24, 2.45) is 0 Å². The third-order valence-corrected chi connectivity index (χ3v) is 5.45. The Morgan fingerprint density at radius 3 is 2.70 bits per heavy atom. The molecular formula is C21H24N2O4.